The second kappa shape index (κ2) is 7.70. The van der Waals surface area contributed by atoms with Gasteiger partial charge in [-0.1, -0.05) is 0 Å². The van der Waals surface area contributed by atoms with Gasteiger partial charge in [0.1, 0.15) is 34.3 Å². The van der Waals surface area contributed by atoms with Crippen LogP contribution in [-0.2, 0) is 0 Å². The molecule has 0 aliphatic carbocycles. The van der Waals surface area contributed by atoms with E-state index in [4.69, 9.17) is 28.6 Å². The number of nitriles is 1. The zero-order valence-corrected chi connectivity index (χ0v) is 15.1. The minimum atomic E-state index is -0.260. The Bertz CT molecular complexity index is 1080. The fraction of sp³-hybridized carbons (Fsp3) is 0.200. The molecule has 3 rings (SSSR count). The molecule has 0 bridgehead atoms. The van der Waals surface area contributed by atoms with Gasteiger partial charge in [-0.25, -0.2) is 0 Å². The Kier molecular flexibility index (Phi) is 5.18. The van der Waals surface area contributed by atoms with Gasteiger partial charge in [-0.05, 0) is 18.2 Å². The van der Waals surface area contributed by atoms with Gasteiger partial charge in [0.25, 0.3) is 0 Å². The van der Waals surface area contributed by atoms with Gasteiger partial charge in [-0.15, -0.1) is 0 Å². The van der Waals surface area contributed by atoms with Gasteiger partial charge in [-0.3, -0.25) is 4.79 Å². The summed E-state index contributed by atoms with van der Waals surface area (Å²) in [6.45, 7) is -0.131. The molecule has 3 aromatic rings. The average molecular weight is 367 g/mol. The Hall–Kier alpha value is -3.66. The molecule has 0 aliphatic rings. The summed E-state index contributed by atoms with van der Waals surface area (Å²) >= 11 is 0. The molecule has 7 heteroatoms. The molecule has 1 heterocycles. The van der Waals surface area contributed by atoms with Crippen molar-refractivity contribution in [3.8, 4) is 40.4 Å². The molecule has 1 aromatic heterocycles. The van der Waals surface area contributed by atoms with Crippen LogP contribution >= 0.6 is 0 Å². The highest BCUT2D eigenvalue weighted by Crippen LogP contribution is 2.35. The lowest BCUT2D eigenvalue weighted by molar-refractivity contribution is 0.355. The highest BCUT2D eigenvalue weighted by molar-refractivity contribution is 5.86. The molecule has 2 aromatic carbocycles. The Morgan fingerprint density at radius 3 is 2.37 bits per heavy atom. The lowest BCUT2D eigenvalue weighted by Gasteiger charge is -2.11. The van der Waals surface area contributed by atoms with E-state index in [0.717, 1.165) is 0 Å². The van der Waals surface area contributed by atoms with Gasteiger partial charge in [-0.2, -0.15) is 5.26 Å². The van der Waals surface area contributed by atoms with Crippen LogP contribution < -0.4 is 24.4 Å². The number of nitrogens with zero attached hydrogens (tertiary/aromatic N) is 1. The second-order valence-corrected chi connectivity index (χ2v) is 5.49. The second-order valence-electron chi connectivity index (χ2n) is 5.49. The number of hydrogen-bond acceptors (Lipinski definition) is 7. The smallest absolute Gasteiger partial charge is 0.197 e. The maximum atomic E-state index is 12.7. The van der Waals surface area contributed by atoms with Crippen molar-refractivity contribution in [1.29, 1.82) is 5.26 Å². The lowest BCUT2D eigenvalue weighted by Crippen LogP contribution is -2.04. The van der Waals surface area contributed by atoms with Crippen LogP contribution in [0.1, 0.15) is 0 Å². The van der Waals surface area contributed by atoms with E-state index in [-0.39, 0.29) is 12.0 Å². The first-order chi connectivity index (χ1) is 13.1. The van der Waals surface area contributed by atoms with Crippen LogP contribution in [-0.4, -0.2) is 27.9 Å². The summed E-state index contributed by atoms with van der Waals surface area (Å²) in [5.41, 5.74) is 0.679. The molecule has 138 valence electrons. The molecule has 0 fully saturated rings. The molecule has 0 unspecified atom stereocenters. The Morgan fingerprint density at radius 2 is 1.70 bits per heavy atom. The first-order valence-corrected chi connectivity index (χ1v) is 7.99. The van der Waals surface area contributed by atoms with Crippen LogP contribution in [0.2, 0.25) is 0 Å². The predicted molar refractivity (Wildman–Crippen MR) is 98.7 cm³/mol. The van der Waals surface area contributed by atoms with Gasteiger partial charge in [0, 0.05) is 23.8 Å². The first kappa shape index (κ1) is 18.1. The van der Waals surface area contributed by atoms with E-state index in [1.54, 1.807) is 37.4 Å². The van der Waals surface area contributed by atoms with Crippen LogP contribution in [0.4, 0.5) is 0 Å². The Balaban J connectivity index is 2.18. The van der Waals surface area contributed by atoms with E-state index < -0.39 is 0 Å². The van der Waals surface area contributed by atoms with Crippen LogP contribution in [0.5, 0.6) is 23.0 Å². The molecule has 0 atom stereocenters. The molecule has 0 amide bonds. The van der Waals surface area contributed by atoms with Crippen molar-refractivity contribution in [2.75, 3.05) is 27.9 Å². The molecular formula is C20H17NO6. The highest BCUT2D eigenvalue weighted by atomic mass is 16.5. The molecule has 0 saturated carbocycles. The van der Waals surface area contributed by atoms with Crippen molar-refractivity contribution in [1.82, 2.24) is 0 Å². The van der Waals surface area contributed by atoms with E-state index >= 15 is 0 Å². The van der Waals surface area contributed by atoms with Crippen molar-refractivity contribution >= 4 is 11.0 Å². The fourth-order valence-electron chi connectivity index (χ4n) is 2.72. The number of methoxy groups -OCH3 is 3. The number of fused-ring (bicyclic) bond motifs is 1. The SMILES string of the molecule is COc1ccc(-c2cc(=O)c3c(OC)cc(OCC#N)cc3o2)cc1OC. The maximum absolute atomic E-state index is 12.7. The third-order valence-corrected chi connectivity index (χ3v) is 3.96. The van der Waals surface area contributed by atoms with E-state index in [1.807, 2.05) is 6.07 Å². The molecule has 0 aliphatic heterocycles. The molecule has 0 radical (unpaired) electrons. The number of ether oxygens (including phenoxy) is 4. The number of hydrogen-bond donors (Lipinski definition) is 0. The van der Waals surface area contributed by atoms with Crippen molar-refractivity contribution in [2.45, 2.75) is 0 Å². The van der Waals surface area contributed by atoms with Crippen molar-refractivity contribution in [3.63, 3.8) is 0 Å². The Labute approximate surface area is 155 Å². The molecular weight excluding hydrogens is 350 g/mol. The minimum absolute atomic E-state index is 0.131. The summed E-state index contributed by atoms with van der Waals surface area (Å²) in [6, 6.07) is 11.6. The normalized spacial score (nSPS) is 10.3. The summed E-state index contributed by atoms with van der Waals surface area (Å²) in [4.78, 5) is 12.7. The van der Waals surface area contributed by atoms with E-state index in [9.17, 15) is 4.79 Å². The molecule has 0 spiro atoms. The number of benzene rings is 2. The largest absolute Gasteiger partial charge is 0.496 e. The van der Waals surface area contributed by atoms with E-state index in [1.165, 1.54) is 20.3 Å². The average Bonchev–Trinajstić information content (AvgIpc) is 2.70. The summed E-state index contributed by atoms with van der Waals surface area (Å²) in [6.07, 6.45) is 0. The third kappa shape index (κ3) is 3.51. The van der Waals surface area contributed by atoms with Gasteiger partial charge in [0.15, 0.2) is 23.5 Å². The standard InChI is InChI=1S/C20H17NO6/c1-23-15-5-4-12(8-17(15)24-2)16-11-14(22)20-18(25-3)9-13(26-7-6-21)10-19(20)27-16/h4-5,8-11H,7H2,1-3H3. The quantitative estimate of drug-likeness (QED) is 0.659. The highest BCUT2D eigenvalue weighted by Gasteiger charge is 2.15. The zero-order valence-electron chi connectivity index (χ0n) is 15.1. The van der Waals surface area contributed by atoms with Gasteiger partial charge >= 0.3 is 0 Å². The monoisotopic (exact) mass is 367 g/mol. The molecule has 27 heavy (non-hydrogen) atoms. The molecule has 7 nitrogen and oxygen atoms in total. The van der Waals surface area contributed by atoms with E-state index in [2.05, 4.69) is 0 Å². The fourth-order valence-corrected chi connectivity index (χ4v) is 2.72. The third-order valence-electron chi connectivity index (χ3n) is 3.96. The molecule has 0 saturated heterocycles. The number of rotatable bonds is 6. The van der Waals surface area contributed by atoms with E-state index in [0.29, 0.717) is 45.3 Å². The first-order valence-electron chi connectivity index (χ1n) is 7.99. The van der Waals surface area contributed by atoms with Crippen LogP contribution in [0.3, 0.4) is 0 Å². The van der Waals surface area contributed by atoms with Gasteiger partial charge in [0.05, 0.1) is 21.3 Å². The minimum Gasteiger partial charge on any atom is -0.496 e. The summed E-state index contributed by atoms with van der Waals surface area (Å²) in [7, 11) is 4.52. The van der Waals surface area contributed by atoms with Crippen LogP contribution in [0, 0.1) is 11.3 Å². The van der Waals surface area contributed by atoms with Crippen molar-refractivity contribution in [2.24, 2.45) is 0 Å². The topological polar surface area (TPSA) is 90.9 Å². The van der Waals surface area contributed by atoms with Gasteiger partial charge in [0.2, 0.25) is 0 Å². The zero-order chi connectivity index (χ0) is 19.4. The molecule has 0 N–H and O–H groups in total. The van der Waals surface area contributed by atoms with Gasteiger partial charge < -0.3 is 23.4 Å². The van der Waals surface area contributed by atoms with Crippen LogP contribution in [0.15, 0.2) is 45.6 Å². The summed E-state index contributed by atoms with van der Waals surface area (Å²) < 4.78 is 27.1. The summed E-state index contributed by atoms with van der Waals surface area (Å²) in [5, 5.41) is 8.99. The van der Waals surface area contributed by atoms with Crippen LogP contribution in [0.25, 0.3) is 22.3 Å². The summed E-state index contributed by atoms with van der Waals surface area (Å²) in [5.74, 6) is 2.12. The maximum Gasteiger partial charge on any atom is 0.197 e. The van der Waals surface area contributed by atoms with Crippen molar-refractivity contribution in [3.05, 3.63) is 46.6 Å². The Morgan fingerprint density at radius 1 is 0.963 bits per heavy atom. The van der Waals surface area contributed by atoms with Crippen molar-refractivity contribution < 1.29 is 23.4 Å². The predicted octanol–water partition coefficient (Wildman–Crippen LogP) is 3.39. The lowest BCUT2D eigenvalue weighted by atomic mass is 10.1.